The Morgan fingerprint density at radius 2 is 1.81 bits per heavy atom. The molecule has 31 heavy (non-hydrogen) atoms. The van der Waals surface area contributed by atoms with E-state index >= 15 is 0 Å². The van der Waals surface area contributed by atoms with Crippen molar-refractivity contribution in [1.29, 1.82) is 0 Å². The monoisotopic (exact) mass is 431 g/mol. The fourth-order valence-corrected chi connectivity index (χ4v) is 3.28. The molecule has 0 aliphatic heterocycles. The second kappa shape index (κ2) is 11.5. The summed E-state index contributed by atoms with van der Waals surface area (Å²) in [5, 5.41) is 0. The molecule has 1 heterocycles. The summed E-state index contributed by atoms with van der Waals surface area (Å²) >= 11 is 0. The van der Waals surface area contributed by atoms with Crippen LogP contribution in [0.15, 0.2) is 24.3 Å². The van der Waals surface area contributed by atoms with Gasteiger partial charge in [-0.25, -0.2) is 4.79 Å². The predicted octanol–water partition coefficient (Wildman–Crippen LogP) is 2.65. The third-order valence-electron chi connectivity index (χ3n) is 4.99. The normalized spacial score (nSPS) is 10.9. The topological polar surface area (TPSA) is 84.1 Å². The number of nitrogens with one attached hydrogen (secondary N) is 1. The Morgan fingerprint density at radius 3 is 2.45 bits per heavy atom. The molecule has 0 bridgehead atoms. The number of H-pyrrole nitrogens is 1. The lowest BCUT2D eigenvalue weighted by Crippen LogP contribution is -2.36. The number of aryl methyl sites for hydroxylation is 1. The highest BCUT2D eigenvalue weighted by molar-refractivity contribution is 6.00. The molecule has 8 heteroatoms. The molecule has 0 fully saturated rings. The fourth-order valence-electron chi connectivity index (χ4n) is 3.28. The number of hydrogen-bond acceptors (Lipinski definition) is 6. The van der Waals surface area contributed by atoms with Gasteiger partial charge in [0.05, 0.1) is 19.3 Å². The van der Waals surface area contributed by atoms with Crippen molar-refractivity contribution in [2.45, 2.75) is 20.4 Å². The molecule has 0 atom stereocenters. The van der Waals surface area contributed by atoms with Gasteiger partial charge in [-0.1, -0.05) is 12.1 Å². The number of aromatic amines is 1. The van der Waals surface area contributed by atoms with Crippen LogP contribution in [-0.4, -0.2) is 81.3 Å². The van der Waals surface area contributed by atoms with Crippen LogP contribution in [-0.2, 0) is 16.0 Å². The van der Waals surface area contributed by atoms with Crippen LogP contribution in [0.25, 0.3) is 0 Å². The highest BCUT2D eigenvalue weighted by atomic mass is 16.6. The van der Waals surface area contributed by atoms with E-state index in [0.29, 0.717) is 48.8 Å². The van der Waals surface area contributed by atoms with Crippen LogP contribution in [0.2, 0.25) is 0 Å². The number of benzene rings is 1. The lowest BCUT2D eigenvalue weighted by Gasteiger charge is -2.24. The Kier molecular flexibility index (Phi) is 9.08. The zero-order valence-electron chi connectivity index (χ0n) is 19.3. The Hall–Kier alpha value is -2.84. The molecule has 1 aromatic carbocycles. The molecular formula is C23H33N3O5. The van der Waals surface area contributed by atoms with Gasteiger partial charge in [0.15, 0.2) is 0 Å². The first-order valence-corrected chi connectivity index (χ1v) is 10.2. The van der Waals surface area contributed by atoms with E-state index in [4.69, 9.17) is 14.2 Å². The van der Waals surface area contributed by atoms with E-state index < -0.39 is 5.97 Å². The minimum Gasteiger partial charge on any atom is -0.497 e. The van der Waals surface area contributed by atoms with Crippen molar-refractivity contribution in [2.24, 2.45) is 0 Å². The zero-order chi connectivity index (χ0) is 23.0. The van der Waals surface area contributed by atoms with Gasteiger partial charge in [0.1, 0.15) is 18.1 Å². The lowest BCUT2D eigenvalue weighted by atomic mass is 10.1. The Balaban J connectivity index is 2.29. The molecular weight excluding hydrogens is 398 g/mol. The third-order valence-corrected chi connectivity index (χ3v) is 4.99. The maximum absolute atomic E-state index is 13.5. The van der Waals surface area contributed by atoms with Gasteiger partial charge in [0.2, 0.25) is 0 Å². The molecule has 0 aliphatic carbocycles. The summed E-state index contributed by atoms with van der Waals surface area (Å²) in [6.45, 7) is 5.68. The van der Waals surface area contributed by atoms with Crippen LogP contribution in [0.1, 0.15) is 37.7 Å². The smallest absolute Gasteiger partial charge is 0.340 e. The van der Waals surface area contributed by atoms with Gasteiger partial charge < -0.3 is 29.0 Å². The maximum atomic E-state index is 13.5. The molecule has 0 saturated carbocycles. The van der Waals surface area contributed by atoms with Gasteiger partial charge in [-0.05, 0) is 51.2 Å². The molecule has 0 radical (unpaired) electrons. The second-order valence-electron chi connectivity index (χ2n) is 7.64. The molecule has 8 nitrogen and oxygen atoms in total. The van der Waals surface area contributed by atoms with E-state index in [9.17, 15) is 9.59 Å². The van der Waals surface area contributed by atoms with Crippen molar-refractivity contribution in [1.82, 2.24) is 14.8 Å². The number of likely N-dealkylation sites (N-methyl/N-ethyl adjacent to an activating group) is 1. The Labute approximate surface area is 184 Å². The van der Waals surface area contributed by atoms with Gasteiger partial charge in [0.25, 0.3) is 5.91 Å². The molecule has 0 saturated heterocycles. The first-order chi connectivity index (χ1) is 14.8. The summed E-state index contributed by atoms with van der Waals surface area (Å²) in [4.78, 5) is 32.9. The summed E-state index contributed by atoms with van der Waals surface area (Å²) in [6.07, 6.45) is 0. The average molecular weight is 432 g/mol. The molecule has 1 amide bonds. The highest BCUT2D eigenvalue weighted by Gasteiger charge is 2.26. The van der Waals surface area contributed by atoms with Crippen LogP contribution < -0.4 is 4.74 Å². The van der Waals surface area contributed by atoms with Crippen molar-refractivity contribution in [3.05, 3.63) is 52.3 Å². The number of rotatable bonds is 11. The number of carbonyl (C=O) groups excluding carboxylic acids is 2. The Bertz CT molecular complexity index is 891. The summed E-state index contributed by atoms with van der Waals surface area (Å²) < 4.78 is 15.5. The van der Waals surface area contributed by atoms with Crippen LogP contribution >= 0.6 is 0 Å². The van der Waals surface area contributed by atoms with E-state index in [1.165, 1.54) is 0 Å². The fraction of sp³-hybridized carbons (Fsp3) is 0.478. The minimum absolute atomic E-state index is 0.160. The number of ether oxygens (including phenoxy) is 3. The van der Waals surface area contributed by atoms with E-state index in [2.05, 4.69) is 4.98 Å². The van der Waals surface area contributed by atoms with Crippen molar-refractivity contribution in [2.75, 3.05) is 54.6 Å². The third kappa shape index (κ3) is 6.57. The lowest BCUT2D eigenvalue weighted by molar-refractivity contribution is 0.0387. The van der Waals surface area contributed by atoms with Crippen molar-refractivity contribution >= 4 is 11.9 Å². The van der Waals surface area contributed by atoms with Crippen molar-refractivity contribution < 1.29 is 23.8 Å². The summed E-state index contributed by atoms with van der Waals surface area (Å²) in [6, 6.07) is 7.65. The van der Waals surface area contributed by atoms with Gasteiger partial charge >= 0.3 is 5.97 Å². The average Bonchev–Trinajstić information content (AvgIpc) is 3.04. The first kappa shape index (κ1) is 24.4. The van der Waals surface area contributed by atoms with E-state index in [-0.39, 0.29) is 12.5 Å². The molecule has 1 N–H and O–H groups in total. The number of carbonyl (C=O) groups is 2. The van der Waals surface area contributed by atoms with Gasteiger partial charge in [-0.15, -0.1) is 0 Å². The zero-order valence-corrected chi connectivity index (χ0v) is 19.3. The molecule has 0 spiro atoms. The number of hydrogen-bond donors (Lipinski definition) is 1. The second-order valence-corrected chi connectivity index (χ2v) is 7.64. The highest BCUT2D eigenvalue weighted by Crippen LogP contribution is 2.22. The van der Waals surface area contributed by atoms with Crippen molar-refractivity contribution in [3.8, 4) is 5.75 Å². The number of amides is 1. The van der Waals surface area contributed by atoms with Gasteiger partial charge in [0, 0.05) is 32.4 Å². The molecule has 170 valence electrons. The maximum Gasteiger partial charge on any atom is 0.340 e. The molecule has 0 aliphatic rings. The molecule has 2 aromatic rings. The Morgan fingerprint density at radius 1 is 1.06 bits per heavy atom. The quantitative estimate of drug-likeness (QED) is 0.435. The van der Waals surface area contributed by atoms with Gasteiger partial charge in [-0.2, -0.15) is 0 Å². The first-order valence-electron chi connectivity index (χ1n) is 10.2. The summed E-state index contributed by atoms with van der Waals surface area (Å²) in [7, 11) is 7.09. The molecule has 2 rings (SSSR count). The number of methoxy groups -OCH3 is 2. The summed E-state index contributed by atoms with van der Waals surface area (Å²) in [5.74, 6) is 0.113. The number of esters is 1. The van der Waals surface area contributed by atoms with Gasteiger partial charge in [-0.3, -0.25) is 4.79 Å². The molecule has 1 aromatic heterocycles. The number of aromatic nitrogens is 1. The van der Waals surface area contributed by atoms with E-state index in [1.807, 2.05) is 43.3 Å². The van der Waals surface area contributed by atoms with Crippen LogP contribution in [0.4, 0.5) is 0 Å². The number of nitrogens with zero attached hydrogens (tertiary/aromatic N) is 2. The standard InChI is InChI=1S/C23H33N3O5/c1-16-20(23(28)31-13-12-29-5)17(2)24-21(16)22(27)26(11-10-25(3)4)15-18-8-7-9-19(14-18)30-6/h7-9,14,24H,10-13,15H2,1-6H3. The largest absolute Gasteiger partial charge is 0.497 e. The minimum atomic E-state index is -0.463. The van der Waals surface area contributed by atoms with E-state index in [1.54, 1.807) is 33.0 Å². The van der Waals surface area contributed by atoms with Crippen LogP contribution in [0.3, 0.4) is 0 Å². The molecule has 0 unspecified atom stereocenters. The van der Waals surface area contributed by atoms with Crippen LogP contribution in [0.5, 0.6) is 5.75 Å². The predicted molar refractivity (Wildman–Crippen MR) is 119 cm³/mol. The summed E-state index contributed by atoms with van der Waals surface area (Å²) in [5.41, 5.74) is 2.96. The SMILES string of the molecule is COCCOC(=O)c1c(C)[nH]c(C(=O)N(CCN(C)C)Cc2cccc(OC)c2)c1C. The van der Waals surface area contributed by atoms with E-state index in [0.717, 1.165) is 11.3 Å². The van der Waals surface area contributed by atoms with Crippen molar-refractivity contribution in [3.63, 3.8) is 0 Å². The van der Waals surface area contributed by atoms with Crippen LogP contribution in [0, 0.1) is 13.8 Å².